The van der Waals surface area contributed by atoms with Gasteiger partial charge in [0, 0.05) is 18.0 Å². The van der Waals surface area contributed by atoms with E-state index in [-0.39, 0.29) is 17.3 Å². The van der Waals surface area contributed by atoms with Gasteiger partial charge in [-0.3, -0.25) is 9.10 Å². The molecule has 0 spiro atoms. The van der Waals surface area contributed by atoms with Gasteiger partial charge >= 0.3 is 0 Å². The number of sulfonamides is 1. The third kappa shape index (κ3) is 4.70. The molecule has 31 heavy (non-hydrogen) atoms. The van der Waals surface area contributed by atoms with Gasteiger partial charge in [-0.2, -0.15) is 0 Å². The van der Waals surface area contributed by atoms with Crippen molar-refractivity contribution in [3.8, 4) is 5.75 Å². The number of halogens is 1. The van der Waals surface area contributed by atoms with Crippen LogP contribution in [-0.4, -0.2) is 33.5 Å². The molecule has 7 nitrogen and oxygen atoms in total. The van der Waals surface area contributed by atoms with Gasteiger partial charge in [0.1, 0.15) is 11.5 Å². The fourth-order valence-corrected chi connectivity index (χ4v) is 4.94. The Balaban J connectivity index is 1.50. The number of hydrogen-bond donors (Lipinski definition) is 1. The fourth-order valence-electron chi connectivity index (χ4n) is 3.34. The zero-order chi connectivity index (χ0) is 21.8. The van der Waals surface area contributed by atoms with Gasteiger partial charge in [-0.05, 0) is 55.0 Å². The summed E-state index contributed by atoms with van der Waals surface area (Å²) in [6, 6.07) is 16.4. The second-order valence-corrected chi connectivity index (χ2v) is 9.34. The Morgan fingerprint density at radius 2 is 1.87 bits per heavy atom. The lowest BCUT2D eigenvalue weighted by atomic mass is 10.2. The summed E-state index contributed by atoms with van der Waals surface area (Å²) in [6.45, 7) is 0.289. The minimum atomic E-state index is -3.91. The Bertz CT molecular complexity index is 1150. The van der Waals surface area contributed by atoms with Crippen LogP contribution in [0, 0.1) is 0 Å². The molecule has 1 unspecified atom stereocenters. The normalized spacial score (nSPS) is 15.8. The maximum atomic E-state index is 13.3. The molecule has 1 aliphatic heterocycles. The summed E-state index contributed by atoms with van der Waals surface area (Å²) in [5.41, 5.74) is 0.388. The summed E-state index contributed by atoms with van der Waals surface area (Å²) in [5, 5.41) is 3.26. The molecule has 0 aliphatic carbocycles. The third-order valence-corrected chi connectivity index (χ3v) is 6.95. The monoisotopic (exact) mass is 460 g/mol. The van der Waals surface area contributed by atoms with E-state index in [2.05, 4.69) is 5.32 Å². The molecule has 2 heterocycles. The number of ether oxygens (including phenoxy) is 1. The number of aryl methyl sites for hydroxylation is 1. The molecule has 1 amide bonds. The van der Waals surface area contributed by atoms with Crippen LogP contribution in [0.5, 0.6) is 5.75 Å². The molecule has 0 fully saturated rings. The molecule has 0 saturated heterocycles. The van der Waals surface area contributed by atoms with Crippen LogP contribution in [0.2, 0.25) is 5.02 Å². The first-order valence-corrected chi connectivity index (χ1v) is 11.6. The van der Waals surface area contributed by atoms with Gasteiger partial charge < -0.3 is 14.5 Å². The Morgan fingerprint density at radius 1 is 1.10 bits per heavy atom. The molecule has 1 aromatic heterocycles. The van der Waals surface area contributed by atoms with E-state index in [1.165, 1.54) is 28.6 Å². The molecular weight excluding hydrogens is 440 g/mol. The summed E-state index contributed by atoms with van der Waals surface area (Å²) in [4.78, 5) is 12.8. The molecular formula is C22H21ClN2O5S. The van der Waals surface area contributed by atoms with Crippen molar-refractivity contribution in [2.75, 3.05) is 17.4 Å². The van der Waals surface area contributed by atoms with Crippen molar-refractivity contribution in [2.45, 2.75) is 23.8 Å². The number of para-hydroxylation sites is 2. The number of anilines is 1. The van der Waals surface area contributed by atoms with Gasteiger partial charge in [0.25, 0.3) is 15.9 Å². The highest BCUT2D eigenvalue weighted by molar-refractivity contribution is 7.92. The van der Waals surface area contributed by atoms with Crippen LogP contribution >= 0.6 is 11.6 Å². The first-order chi connectivity index (χ1) is 14.9. The smallest absolute Gasteiger partial charge is 0.264 e. The maximum Gasteiger partial charge on any atom is 0.264 e. The first-order valence-electron chi connectivity index (χ1n) is 9.79. The number of nitrogens with zero attached hydrogens (tertiary/aromatic N) is 1. The van der Waals surface area contributed by atoms with Crippen LogP contribution in [0.1, 0.15) is 12.2 Å². The zero-order valence-corrected chi connectivity index (χ0v) is 18.1. The molecule has 2 aromatic carbocycles. The number of nitrogens with one attached hydrogen (secondary N) is 1. The number of amides is 1. The molecule has 0 radical (unpaired) electrons. The molecule has 1 N–H and O–H groups in total. The van der Waals surface area contributed by atoms with E-state index in [0.29, 0.717) is 35.8 Å². The lowest BCUT2D eigenvalue weighted by Gasteiger charge is -2.34. The SMILES string of the molecule is O=C(NCCCc1ccco1)C1CN(S(=O)(=O)c2ccc(Cl)cc2)c2ccccc2O1. The van der Waals surface area contributed by atoms with Gasteiger partial charge in [0.05, 0.1) is 23.4 Å². The summed E-state index contributed by atoms with van der Waals surface area (Å²) in [7, 11) is -3.91. The standard InChI is InChI=1S/C22H21ClN2O5S/c23-16-9-11-18(12-10-16)31(27,28)25-15-21(30-20-8-2-1-7-19(20)25)22(26)24-13-3-5-17-6-4-14-29-17/h1-2,4,6-12,14,21H,3,5,13,15H2,(H,24,26). The van der Waals surface area contributed by atoms with Gasteiger partial charge in [-0.15, -0.1) is 0 Å². The topological polar surface area (TPSA) is 88.9 Å². The van der Waals surface area contributed by atoms with Crippen molar-refractivity contribution in [1.82, 2.24) is 5.32 Å². The lowest BCUT2D eigenvalue weighted by molar-refractivity contribution is -0.127. The van der Waals surface area contributed by atoms with Crippen LogP contribution in [0.3, 0.4) is 0 Å². The van der Waals surface area contributed by atoms with E-state index in [1.54, 1.807) is 30.5 Å². The molecule has 162 valence electrons. The predicted molar refractivity (Wildman–Crippen MR) is 117 cm³/mol. The quantitative estimate of drug-likeness (QED) is 0.544. The van der Waals surface area contributed by atoms with Crippen LogP contribution < -0.4 is 14.4 Å². The predicted octanol–water partition coefficient (Wildman–Crippen LogP) is 3.64. The van der Waals surface area contributed by atoms with Crippen LogP contribution in [-0.2, 0) is 21.2 Å². The van der Waals surface area contributed by atoms with E-state index >= 15 is 0 Å². The average Bonchev–Trinajstić information content (AvgIpc) is 3.29. The van der Waals surface area contributed by atoms with Gasteiger partial charge in [-0.25, -0.2) is 8.42 Å². The number of hydrogen-bond acceptors (Lipinski definition) is 5. The summed E-state index contributed by atoms with van der Waals surface area (Å²) in [6.07, 6.45) is 2.02. The second-order valence-electron chi connectivity index (χ2n) is 7.04. The van der Waals surface area contributed by atoms with Crippen LogP contribution in [0.15, 0.2) is 76.2 Å². The largest absolute Gasteiger partial charge is 0.476 e. The van der Waals surface area contributed by atoms with Crippen molar-refractivity contribution >= 4 is 33.2 Å². The van der Waals surface area contributed by atoms with Crippen molar-refractivity contribution in [2.24, 2.45) is 0 Å². The molecule has 3 aromatic rings. The highest BCUT2D eigenvalue weighted by atomic mass is 35.5. The molecule has 9 heteroatoms. The molecule has 1 atom stereocenters. The number of fused-ring (bicyclic) bond motifs is 1. The molecule has 1 aliphatic rings. The van der Waals surface area contributed by atoms with Gasteiger partial charge in [-0.1, -0.05) is 23.7 Å². The Hall–Kier alpha value is -2.97. The van der Waals surface area contributed by atoms with Crippen molar-refractivity contribution in [1.29, 1.82) is 0 Å². The van der Waals surface area contributed by atoms with E-state index in [4.69, 9.17) is 20.8 Å². The molecule has 4 rings (SSSR count). The van der Waals surface area contributed by atoms with Crippen molar-refractivity contribution in [3.05, 3.63) is 77.7 Å². The minimum Gasteiger partial charge on any atom is -0.476 e. The van der Waals surface area contributed by atoms with E-state index in [1.807, 2.05) is 12.1 Å². The summed E-state index contributed by atoms with van der Waals surface area (Å²) in [5.74, 6) is 0.810. The van der Waals surface area contributed by atoms with Crippen LogP contribution in [0.25, 0.3) is 0 Å². The highest BCUT2D eigenvalue weighted by Gasteiger charge is 2.37. The Kier molecular flexibility index (Phi) is 6.20. The number of carbonyl (C=O) groups is 1. The van der Waals surface area contributed by atoms with E-state index in [0.717, 1.165) is 5.76 Å². The first kappa shape index (κ1) is 21.3. The van der Waals surface area contributed by atoms with E-state index < -0.39 is 16.1 Å². The second kappa shape index (κ2) is 9.03. The Morgan fingerprint density at radius 3 is 2.61 bits per heavy atom. The highest BCUT2D eigenvalue weighted by Crippen LogP contribution is 2.36. The maximum absolute atomic E-state index is 13.3. The number of carbonyl (C=O) groups excluding carboxylic acids is 1. The summed E-state index contributed by atoms with van der Waals surface area (Å²) >= 11 is 5.90. The number of benzene rings is 2. The third-order valence-electron chi connectivity index (χ3n) is 4.91. The fraction of sp³-hybridized carbons (Fsp3) is 0.227. The summed E-state index contributed by atoms with van der Waals surface area (Å²) < 4.78 is 38.9. The van der Waals surface area contributed by atoms with Crippen molar-refractivity contribution in [3.63, 3.8) is 0 Å². The molecule has 0 saturated carbocycles. The number of rotatable bonds is 7. The number of furan rings is 1. The zero-order valence-electron chi connectivity index (χ0n) is 16.5. The van der Waals surface area contributed by atoms with Crippen molar-refractivity contribution < 1.29 is 22.4 Å². The average molecular weight is 461 g/mol. The van der Waals surface area contributed by atoms with Gasteiger partial charge in [0.15, 0.2) is 6.10 Å². The van der Waals surface area contributed by atoms with Gasteiger partial charge in [0.2, 0.25) is 0 Å². The van der Waals surface area contributed by atoms with Crippen LogP contribution in [0.4, 0.5) is 5.69 Å². The Labute approximate surface area is 185 Å². The van der Waals surface area contributed by atoms with E-state index in [9.17, 15) is 13.2 Å². The lowest BCUT2D eigenvalue weighted by Crippen LogP contribution is -2.50. The molecule has 0 bridgehead atoms. The minimum absolute atomic E-state index is 0.0891.